The Labute approximate surface area is 147 Å². The van der Waals surface area contributed by atoms with E-state index >= 15 is 0 Å². The summed E-state index contributed by atoms with van der Waals surface area (Å²) in [4.78, 5) is 8.69. The first-order valence-electron chi connectivity index (χ1n) is 8.53. The van der Waals surface area contributed by atoms with Crippen LogP contribution in [0.1, 0.15) is 23.9 Å². The summed E-state index contributed by atoms with van der Waals surface area (Å²) in [5, 5.41) is 0. The van der Waals surface area contributed by atoms with Gasteiger partial charge in [-0.25, -0.2) is 15.4 Å². The van der Waals surface area contributed by atoms with E-state index in [1.165, 1.54) is 16.7 Å². The molecule has 25 heavy (non-hydrogen) atoms. The summed E-state index contributed by atoms with van der Waals surface area (Å²) in [5.41, 5.74) is 12.1. The lowest BCUT2D eigenvalue weighted by Gasteiger charge is -2.13. The predicted molar refractivity (Wildman–Crippen MR) is 101 cm³/mol. The molecule has 0 unspecified atom stereocenters. The first kappa shape index (κ1) is 15.6. The van der Waals surface area contributed by atoms with Gasteiger partial charge in [0, 0.05) is 23.6 Å². The SMILES string of the molecule is CCc1cc(-n2ccnc2C)ccc1-c1ccc(C2=NCNN2)cc1. The van der Waals surface area contributed by atoms with Crippen molar-refractivity contribution in [1.82, 2.24) is 20.4 Å². The Morgan fingerprint density at radius 1 is 1.08 bits per heavy atom. The van der Waals surface area contributed by atoms with Crippen molar-refractivity contribution in [3.8, 4) is 16.8 Å². The van der Waals surface area contributed by atoms with Crippen LogP contribution < -0.4 is 10.9 Å². The van der Waals surface area contributed by atoms with Gasteiger partial charge in [-0.1, -0.05) is 37.3 Å². The number of hydrazine groups is 1. The zero-order valence-corrected chi connectivity index (χ0v) is 14.5. The van der Waals surface area contributed by atoms with Crippen LogP contribution in [0, 0.1) is 6.92 Å². The highest BCUT2D eigenvalue weighted by Gasteiger charge is 2.10. The van der Waals surface area contributed by atoms with Crippen molar-refractivity contribution in [3.63, 3.8) is 0 Å². The van der Waals surface area contributed by atoms with Gasteiger partial charge in [0.05, 0.1) is 0 Å². The molecule has 126 valence electrons. The molecule has 0 spiro atoms. The Morgan fingerprint density at radius 3 is 2.52 bits per heavy atom. The van der Waals surface area contributed by atoms with Crippen molar-refractivity contribution in [2.24, 2.45) is 4.99 Å². The summed E-state index contributed by atoms with van der Waals surface area (Å²) in [5.74, 6) is 1.89. The maximum Gasteiger partial charge on any atom is 0.144 e. The molecular weight excluding hydrogens is 310 g/mol. The third-order valence-corrected chi connectivity index (χ3v) is 4.57. The smallest absolute Gasteiger partial charge is 0.144 e. The highest BCUT2D eigenvalue weighted by atomic mass is 15.5. The summed E-state index contributed by atoms with van der Waals surface area (Å²) < 4.78 is 2.11. The molecule has 0 atom stereocenters. The maximum absolute atomic E-state index is 4.38. The minimum Gasteiger partial charge on any atom is -0.304 e. The molecule has 0 aliphatic carbocycles. The van der Waals surface area contributed by atoms with Crippen LogP contribution in [0.4, 0.5) is 0 Å². The second-order valence-electron chi connectivity index (χ2n) is 6.08. The van der Waals surface area contributed by atoms with Gasteiger partial charge in [-0.2, -0.15) is 0 Å². The Bertz CT molecular complexity index is 922. The number of hydrogen-bond acceptors (Lipinski definition) is 4. The molecule has 2 heterocycles. The second-order valence-corrected chi connectivity index (χ2v) is 6.08. The lowest BCUT2D eigenvalue weighted by molar-refractivity contribution is 0.727. The number of nitrogens with zero attached hydrogens (tertiary/aromatic N) is 3. The number of hydrogen-bond donors (Lipinski definition) is 2. The Morgan fingerprint density at radius 2 is 1.88 bits per heavy atom. The second kappa shape index (κ2) is 6.53. The van der Waals surface area contributed by atoms with Gasteiger partial charge < -0.3 is 9.99 Å². The molecule has 2 N–H and O–H groups in total. The molecule has 1 aliphatic rings. The fraction of sp³-hybridized carbons (Fsp3) is 0.200. The number of aliphatic imine (C=N–C) groups is 1. The van der Waals surface area contributed by atoms with Crippen molar-refractivity contribution in [3.05, 3.63) is 71.8 Å². The largest absolute Gasteiger partial charge is 0.304 e. The van der Waals surface area contributed by atoms with Gasteiger partial charge in [-0.3, -0.25) is 0 Å². The molecule has 5 heteroatoms. The Kier molecular flexibility index (Phi) is 4.07. The van der Waals surface area contributed by atoms with Gasteiger partial charge >= 0.3 is 0 Å². The molecule has 0 radical (unpaired) electrons. The molecule has 0 amide bonds. The topological polar surface area (TPSA) is 54.2 Å². The normalized spacial score (nSPS) is 13.6. The fourth-order valence-corrected chi connectivity index (χ4v) is 3.21. The van der Waals surface area contributed by atoms with Gasteiger partial charge in [-0.15, -0.1) is 0 Å². The monoisotopic (exact) mass is 331 g/mol. The standard InChI is InChI=1S/C20H21N5/c1-3-15-12-18(25-11-10-21-14(25)2)8-9-19(15)16-4-6-17(7-5-16)20-22-13-23-24-20/h4-12,23H,3,13H2,1-2H3,(H,22,24). The van der Waals surface area contributed by atoms with Crippen molar-refractivity contribution in [2.45, 2.75) is 20.3 Å². The first-order chi connectivity index (χ1) is 12.3. The van der Waals surface area contributed by atoms with Crippen LogP contribution in [0.3, 0.4) is 0 Å². The van der Waals surface area contributed by atoms with Crippen LogP contribution in [-0.4, -0.2) is 22.1 Å². The van der Waals surface area contributed by atoms with E-state index in [4.69, 9.17) is 0 Å². The van der Waals surface area contributed by atoms with E-state index in [9.17, 15) is 0 Å². The van der Waals surface area contributed by atoms with E-state index in [1.807, 2.05) is 19.3 Å². The van der Waals surface area contributed by atoms with Crippen LogP contribution in [0.2, 0.25) is 0 Å². The average molecular weight is 331 g/mol. The lowest BCUT2D eigenvalue weighted by Crippen LogP contribution is -2.30. The van der Waals surface area contributed by atoms with Crippen LogP contribution in [0.25, 0.3) is 16.8 Å². The minimum atomic E-state index is 0.617. The van der Waals surface area contributed by atoms with E-state index in [2.05, 4.69) is 74.8 Å². The molecule has 0 bridgehead atoms. The number of benzene rings is 2. The minimum absolute atomic E-state index is 0.617. The molecule has 1 aliphatic heterocycles. The van der Waals surface area contributed by atoms with Crippen LogP contribution >= 0.6 is 0 Å². The summed E-state index contributed by atoms with van der Waals surface area (Å²) in [6.07, 6.45) is 4.82. The van der Waals surface area contributed by atoms with E-state index in [-0.39, 0.29) is 0 Å². The van der Waals surface area contributed by atoms with Crippen LogP contribution in [-0.2, 0) is 6.42 Å². The number of imidazole rings is 1. The van der Waals surface area contributed by atoms with Gasteiger partial charge in [0.15, 0.2) is 0 Å². The van der Waals surface area contributed by atoms with Gasteiger partial charge in [-0.05, 0) is 42.2 Å². The molecule has 0 saturated carbocycles. The zero-order chi connectivity index (χ0) is 17.2. The van der Waals surface area contributed by atoms with Gasteiger partial charge in [0.1, 0.15) is 18.3 Å². The van der Waals surface area contributed by atoms with Crippen LogP contribution in [0.5, 0.6) is 0 Å². The molecule has 3 aromatic rings. The molecule has 1 aromatic heterocycles. The van der Waals surface area contributed by atoms with Crippen LogP contribution in [0.15, 0.2) is 59.9 Å². The van der Waals surface area contributed by atoms with Crippen molar-refractivity contribution in [1.29, 1.82) is 0 Å². The number of aryl methyl sites for hydroxylation is 2. The predicted octanol–water partition coefficient (Wildman–Crippen LogP) is 3.22. The third kappa shape index (κ3) is 2.94. The van der Waals surface area contributed by atoms with Gasteiger partial charge in [0.25, 0.3) is 0 Å². The fourth-order valence-electron chi connectivity index (χ4n) is 3.21. The molecule has 2 aromatic carbocycles. The van der Waals surface area contributed by atoms with Crippen molar-refractivity contribution < 1.29 is 0 Å². The lowest BCUT2D eigenvalue weighted by atomic mass is 9.96. The van der Waals surface area contributed by atoms with Crippen molar-refractivity contribution >= 4 is 5.84 Å². The number of amidine groups is 1. The van der Waals surface area contributed by atoms with E-state index in [0.29, 0.717) is 6.67 Å². The quantitative estimate of drug-likeness (QED) is 0.772. The summed E-state index contributed by atoms with van der Waals surface area (Å²) in [6, 6.07) is 15.2. The van der Waals surface area contributed by atoms with Crippen molar-refractivity contribution in [2.75, 3.05) is 6.67 Å². The van der Waals surface area contributed by atoms with E-state index in [1.54, 1.807) is 0 Å². The van der Waals surface area contributed by atoms with E-state index in [0.717, 1.165) is 29.3 Å². The number of rotatable bonds is 4. The molecule has 0 saturated heterocycles. The molecule has 4 rings (SSSR count). The Balaban J connectivity index is 1.69. The molecule has 5 nitrogen and oxygen atoms in total. The molecule has 0 fully saturated rings. The zero-order valence-electron chi connectivity index (χ0n) is 14.5. The summed E-state index contributed by atoms with van der Waals surface area (Å²) in [6.45, 7) is 4.83. The summed E-state index contributed by atoms with van der Waals surface area (Å²) in [7, 11) is 0. The van der Waals surface area contributed by atoms with Gasteiger partial charge in [0.2, 0.25) is 0 Å². The summed E-state index contributed by atoms with van der Waals surface area (Å²) >= 11 is 0. The molecular formula is C20H21N5. The highest BCUT2D eigenvalue weighted by molar-refractivity contribution is 5.99. The number of nitrogens with one attached hydrogen (secondary N) is 2. The van der Waals surface area contributed by atoms with E-state index < -0.39 is 0 Å². The number of aromatic nitrogens is 2. The maximum atomic E-state index is 4.38. The average Bonchev–Trinajstić information content (AvgIpc) is 3.33. The Hall–Kier alpha value is -2.92. The first-order valence-corrected chi connectivity index (χ1v) is 8.53. The highest BCUT2D eigenvalue weighted by Crippen LogP contribution is 2.27. The third-order valence-electron chi connectivity index (χ3n) is 4.57.